The minimum atomic E-state index is -4.52. The van der Waals surface area contributed by atoms with Gasteiger partial charge in [-0.15, -0.1) is 0 Å². The number of carboxylic acid groups (broad SMARTS) is 1. The summed E-state index contributed by atoms with van der Waals surface area (Å²) in [4.78, 5) is 15.2. The molecule has 0 aliphatic carbocycles. The van der Waals surface area contributed by atoms with Gasteiger partial charge < -0.3 is 10.8 Å². The number of hydrogen-bond acceptors (Lipinski definition) is 3. The fraction of sp³-hybridized carbons (Fsp3) is 0.294. The summed E-state index contributed by atoms with van der Waals surface area (Å²) in [6.45, 7) is 3.17. The Bertz CT molecular complexity index is 771. The normalized spacial score (nSPS) is 12.2. The zero-order valence-electron chi connectivity index (χ0n) is 13.2. The number of nitrogens with two attached hydrogens (primary N) is 1. The zero-order valence-corrected chi connectivity index (χ0v) is 13.2. The molecule has 0 amide bonds. The summed E-state index contributed by atoms with van der Waals surface area (Å²) in [7, 11) is 0. The van der Waals surface area contributed by atoms with Crippen LogP contribution in [0, 0.1) is 5.41 Å². The number of alkyl halides is 3. The van der Waals surface area contributed by atoms with Gasteiger partial charge in [0.1, 0.15) is 5.82 Å². The van der Waals surface area contributed by atoms with Gasteiger partial charge in [-0.25, -0.2) is 4.98 Å². The van der Waals surface area contributed by atoms with Gasteiger partial charge >= 0.3 is 12.1 Å². The van der Waals surface area contributed by atoms with E-state index in [1.165, 1.54) is 0 Å². The van der Waals surface area contributed by atoms with Gasteiger partial charge in [0.15, 0.2) is 0 Å². The SMILES string of the molecule is CC(C)(Cc1cccc(-c2cc(C(F)(F)F)cc(N)n2)c1)C(=O)O. The number of rotatable bonds is 4. The molecule has 0 unspecified atom stereocenters. The summed E-state index contributed by atoms with van der Waals surface area (Å²) in [5, 5.41) is 9.20. The lowest BCUT2D eigenvalue weighted by Crippen LogP contribution is -2.26. The first kappa shape index (κ1) is 17.8. The maximum atomic E-state index is 12.9. The third-order valence-electron chi connectivity index (χ3n) is 3.62. The number of nitrogen functional groups attached to an aromatic ring is 1. The van der Waals surface area contributed by atoms with Gasteiger partial charge in [0.2, 0.25) is 0 Å². The van der Waals surface area contributed by atoms with Crippen molar-refractivity contribution in [3.63, 3.8) is 0 Å². The van der Waals surface area contributed by atoms with Crippen LogP contribution >= 0.6 is 0 Å². The van der Waals surface area contributed by atoms with Crippen LogP contribution in [0.3, 0.4) is 0 Å². The number of nitrogens with zero attached hydrogens (tertiary/aromatic N) is 1. The van der Waals surface area contributed by atoms with Crippen molar-refractivity contribution in [2.45, 2.75) is 26.4 Å². The molecule has 3 N–H and O–H groups in total. The Labute approximate surface area is 137 Å². The second kappa shape index (κ2) is 6.14. The van der Waals surface area contributed by atoms with E-state index in [2.05, 4.69) is 4.98 Å². The second-order valence-corrected chi connectivity index (χ2v) is 6.23. The van der Waals surface area contributed by atoms with Gasteiger partial charge in [-0.1, -0.05) is 18.2 Å². The lowest BCUT2D eigenvalue weighted by atomic mass is 9.85. The van der Waals surface area contributed by atoms with Gasteiger partial charge in [0.25, 0.3) is 0 Å². The summed E-state index contributed by atoms with van der Waals surface area (Å²) >= 11 is 0. The molecule has 128 valence electrons. The second-order valence-electron chi connectivity index (χ2n) is 6.23. The van der Waals surface area contributed by atoms with Crippen molar-refractivity contribution in [3.05, 3.63) is 47.5 Å². The van der Waals surface area contributed by atoms with Crippen LogP contribution in [-0.2, 0) is 17.4 Å². The van der Waals surface area contributed by atoms with Gasteiger partial charge in [0.05, 0.1) is 16.7 Å². The van der Waals surface area contributed by atoms with Crippen LogP contribution in [0.15, 0.2) is 36.4 Å². The predicted octanol–water partition coefficient (Wildman–Crippen LogP) is 4.00. The maximum absolute atomic E-state index is 12.9. The van der Waals surface area contributed by atoms with E-state index in [0.29, 0.717) is 11.1 Å². The topological polar surface area (TPSA) is 76.2 Å². The van der Waals surface area contributed by atoms with Crippen molar-refractivity contribution >= 4 is 11.8 Å². The lowest BCUT2D eigenvalue weighted by Gasteiger charge is -2.19. The maximum Gasteiger partial charge on any atom is 0.416 e. The van der Waals surface area contributed by atoms with Gasteiger partial charge in [-0.3, -0.25) is 4.79 Å². The number of halogens is 3. The number of benzene rings is 1. The number of aromatic nitrogens is 1. The fourth-order valence-corrected chi connectivity index (χ4v) is 2.29. The van der Waals surface area contributed by atoms with Gasteiger partial charge in [-0.2, -0.15) is 13.2 Å². The van der Waals surface area contributed by atoms with Crippen molar-refractivity contribution in [2.24, 2.45) is 5.41 Å². The fourth-order valence-electron chi connectivity index (χ4n) is 2.29. The van der Waals surface area contributed by atoms with Crippen LogP contribution in [0.5, 0.6) is 0 Å². The van der Waals surface area contributed by atoms with Crippen molar-refractivity contribution < 1.29 is 23.1 Å². The number of carboxylic acids is 1. The van der Waals surface area contributed by atoms with Crippen molar-refractivity contribution in [1.29, 1.82) is 0 Å². The zero-order chi connectivity index (χ0) is 18.1. The van der Waals surface area contributed by atoms with E-state index in [-0.39, 0.29) is 17.9 Å². The first-order valence-corrected chi connectivity index (χ1v) is 7.16. The summed E-state index contributed by atoms with van der Waals surface area (Å²) in [5.41, 5.74) is 4.86. The van der Waals surface area contributed by atoms with E-state index < -0.39 is 23.1 Å². The van der Waals surface area contributed by atoms with E-state index in [0.717, 1.165) is 12.1 Å². The Balaban J connectivity index is 2.42. The Hall–Kier alpha value is -2.57. The molecule has 0 bridgehead atoms. The molecule has 7 heteroatoms. The molecule has 2 aromatic rings. The quantitative estimate of drug-likeness (QED) is 0.883. The monoisotopic (exact) mass is 338 g/mol. The van der Waals surface area contributed by atoms with Crippen molar-refractivity contribution in [3.8, 4) is 11.3 Å². The summed E-state index contributed by atoms with van der Waals surface area (Å²) in [6.07, 6.45) is -4.28. The van der Waals surface area contributed by atoms with Crippen LogP contribution in [0.4, 0.5) is 19.0 Å². The van der Waals surface area contributed by atoms with Crippen LogP contribution in [0.25, 0.3) is 11.3 Å². The number of hydrogen-bond donors (Lipinski definition) is 2. The number of anilines is 1. The molecule has 4 nitrogen and oxygen atoms in total. The average molecular weight is 338 g/mol. The van der Waals surface area contributed by atoms with Crippen molar-refractivity contribution in [2.75, 3.05) is 5.73 Å². The number of pyridine rings is 1. The third kappa shape index (κ3) is 4.04. The number of carbonyl (C=O) groups is 1. The van der Waals surface area contributed by atoms with Gasteiger partial charge in [0, 0.05) is 5.56 Å². The van der Waals surface area contributed by atoms with E-state index >= 15 is 0 Å². The highest BCUT2D eigenvalue weighted by Gasteiger charge is 2.31. The summed E-state index contributed by atoms with van der Waals surface area (Å²) in [6, 6.07) is 8.33. The van der Waals surface area contributed by atoms with E-state index in [9.17, 15) is 23.1 Å². The Morgan fingerprint density at radius 3 is 2.46 bits per heavy atom. The molecular formula is C17H17F3N2O2. The average Bonchev–Trinajstić information content (AvgIpc) is 2.45. The summed E-state index contributed by atoms with van der Waals surface area (Å²) in [5.74, 6) is -1.18. The first-order chi connectivity index (χ1) is 11.0. The summed E-state index contributed by atoms with van der Waals surface area (Å²) < 4.78 is 38.7. The molecule has 24 heavy (non-hydrogen) atoms. The molecule has 1 heterocycles. The molecule has 0 radical (unpaired) electrons. The Morgan fingerprint density at radius 1 is 1.21 bits per heavy atom. The van der Waals surface area contributed by atoms with E-state index in [4.69, 9.17) is 5.73 Å². The van der Waals surface area contributed by atoms with Crippen molar-refractivity contribution in [1.82, 2.24) is 4.98 Å². The molecule has 0 spiro atoms. The highest BCUT2D eigenvalue weighted by molar-refractivity contribution is 5.74. The van der Waals surface area contributed by atoms with Crippen LogP contribution < -0.4 is 5.73 Å². The Morgan fingerprint density at radius 2 is 1.88 bits per heavy atom. The highest BCUT2D eigenvalue weighted by atomic mass is 19.4. The minimum Gasteiger partial charge on any atom is -0.481 e. The van der Waals surface area contributed by atoms with E-state index in [1.807, 2.05) is 0 Å². The molecule has 0 aliphatic rings. The highest BCUT2D eigenvalue weighted by Crippen LogP contribution is 2.33. The molecule has 0 saturated carbocycles. The predicted molar refractivity (Wildman–Crippen MR) is 84.2 cm³/mol. The third-order valence-corrected chi connectivity index (χ3v) is 3.62. The molecule has 2 rings (SSSR count). The number of aliphatic carboxylic acids is 1. The minimum absolute atomic E-state index is 0.0947. The van der Waals surface area contributed by atoms with Crippen LogP contribution in [-0.4, -0.2) is 16.1 Å². The Kier molecular flexibility index (Phi) is 4.55. The van der Waals surface area contributed by atoms with E-state index in [1.54, 1.807) is 38.1 Å². The van der Waals surface area contributed by atoms with Crippen LogP contribution in [0.1, 0.15) is 25.0 Å². The smallest absolute Gasteiger partial charge is 0.416 e. The van der Waals surface area contributed by atoms with Gasteiger partial charge in [-0.05, 0) is 44.0 Å². The molecule has 0 aliphatic heterocycles. The molecular weight excluding hydrogens is 321 g/mol. The lowest BCUT2D eigenvalue weighted by molar-refractivity contribution is -0.146. The molecule has 0 atom stereocenters. The largest absolute Gasteiger partial charge is 0.481 e. The molecule has 1 aromatic carbocycles. The first-order valence-electron chi connectivity index (χ1n) is 7.16. The molecule has 0 saturated heterocycles. The van der Waals surface area contributed by atoms with Crippen LogP contribution in [0.2, 0.25) is 0 Å². The molecule has 1 aromatic heterocycles. The molecule has 0 fully saturated rings. The standard InChI is InChI=1S/C17H17F3N2O2/c1-16(2,15(23)24)9-10-4-3-5-11(6-10)13-7-12(17(18,19)20)8-14(21)22-13/h3-8H,9H2,1-2H3,(H2,21,22)(H,23,24).